The maximum Gasteiger partial charge on any atom is 0.323 e. The standard InChI is InChI=1S/C33H40N4O7/c1-21-16-37(22(2)19-38)32(39)15-24-14-26(35-33(40)34-25-6-9-27(41-4)10-7-25)8-12-28(24)44-31(21)18-36(3)17-23-5-11-29-30(13-23)43-20-42-29/h5-14,21-22,31,38H,15-20H2,1-4H3,(H2,34,35,40)/t21-,22-,31-/m1/s1. The molecule has 11 nitrogen and oxygen atoms in total. The van der Waals surface area contributed by atoms with Crippen LogP contribution in [-0.4, -0.2) is 79.6 Å². The van der Waals surface area contributed by atoms with Gasteiger partial charge in [0.2, 0.25) is 12.7 Å². The van der Waals surface area contributed by atoms with Gasteiger partial charge in [-0.3, -0.25) is 9.69 Å². The van der Waals surface area contributed by atoms with Crippen LogP contribution in [0, 0.1) is 5.92 Å². The average Bonchev–Trinajstić information content (AvgIpc) is 3.49. The summed E-state index contributed by atoms with van der Waals surface area (Å²) in [6.45, 7) is 5.68. The molecule has 0 spiro atoms. The summed E-state index contributed by atoms with van der Waals surface area (Å²) < 4.78 is 22.8. The molecule has 0 bridgehead atoms. The van der Waals surface area contributed by atoms with Gasteiger partial charge in [-0.05, 0) is 74.1 Å². The monoisotopic (exact) mass is 604 g/mol. The molecule has 0 fully saturated rings. The quantitative estimate of drug-likeness (QED) is 0.330. The van der Waals surface area contributed by atoms with E-state index >= 15 is 0 Å². The molecule has 0 radical (unpaired) electrons. The van der Waals surface area contributed by atoms with Gasteiger partial charge >= 0.3 is 6.03 Å². The molecule has 0 aliphatic carbocycles. The summed E-state index contributed by atoms with van der Waals surface area (Å²) >= 11 is 0. The molecular weight excluding hydrogens is 564 g/mol. The number of hydrogen-bond donors (Lipinski definition) is 3. The lowest BCUT2D eigenvalue weighted by Gasteiger charge is -2.34. The highest BCUT2D eigenvalue weighted by molar-refractivity contribution is 6.00. The number of urea groups is 1. The molecular formula is C33H40N4O7. The lowest BCUT2D eigenvalue weighted by Crippen LogP contribution is -2.47. The van der Waals surface area contributed by atoms with Crippen molar-refractivity contribution in [3.63, 3.8) is 0 Å². The van der Waals surface area contributed by atoms with Crippen molar-refractivity contribution in [3.8, 4) is 23.0 Å². The average molecular weight is 605 g/mol. The second-order valence-corrected chi connectivity index (χ2v) is 11.4. The normalized spacial score (nSPS) is 18.4. The molecule has 0 unspecified atom stereocenters. The summed E-state index contributed by atoms with van der Waals surface area (Å²) in [6, 6.07) is 17.5. The van der Waals surface area contributed by atoms with Gasteiger partial charge in [0.1, 0.15) is 17.6 Å². The van der Waals surface area contributed by atoms with Crippen LogP contribution in [-0.2, 0) is 17.8 Å². The Balaban J connectivity index is 1.33. The molecule has 3 aromatic carbocycles. The Labute approximate surface area is 257 Å². The Morgan fingerprint density at radius 2 is 1.75 bits per heavy atom. The summed E-state index contributed by atoms with van der Waals surface area (Å²) in [7, 11) is 3.61. The number of ether oxygens (including phenoxy) is 4. The Kier molecular flexibility index (Phi) is 9.76. The third-order valence-electron chi connectivity index (χ3n) is 7.90. The molecule has 234 valence electrons. The predicted molar refractivity (Wildman–Crippen MR) is 167 cm³/mol. The number of methoxy groups -OCH3 is 1. The summed E-state index contributed by atoms with van der Waals surface area (Å²) in [6.07, 6.45) is -0.189. The van der Waals surface area contributed by atoms with Crippen LogP contribution in [0.5, 0.6) is 23.0 Å². The number of likely N-dealkylation sites (N-methyl/N-ethyl adjacent to an activating group) is 1. The molecule has 0 saturated carbocycles. The fourth-order valence-corrected chi connectivity index (χ4v) is 5.42. The zero-order valence-electron chi connectivity index (χ0n) is 25.5. The third kappa shape index (κ3) is 7.53. The van der Waals surface area contributed by atoms with Crippen molar-refractivity contribution in [3.05, 3.63) is 71.8 Å². The Hall–Kier alpha value is -4.48. The number of amides is 3. The molecule has 5 rings (SSSR count). The zero-order valence-corrected chi connectivity index (χ0v) is 25.5. The number of nitrogens with one attached hydrogen (secondary N) is 2. The number of carbonyl (C=O) groups is 2. The van der Waals surface area contributed by atoms with Gasteiger partial charge in [0.15, 0.2) is 11.5 Å². The Bertz CT molecular complexity index is 1460. The van der Waals surface area contributed by atoms with Crippen LogP contribution in [0.15, 0.2) is 60.7 Å². The van der Waals surface area contributed by atoms with Gasteiger partial charge in [-0.1, -0.05) is 13.0 Å². The second kappa shape index (κ2) is 13.9. The van der Waals surface area contributed by atoms with E-state index in [1.165, 1.54) is 0 Å². The molecule has 3 atom stereocenters. The van der Waals surface area contributed by atoms with E-state index in [2.05, 4.69) is 22.5 Å². The van der Waals surface area contributed by atoms with E-state index in [1.54, 1.807) is 54.5 Å². The van der Waals surface area contributed by atoms with Crippen LogP contribution in [0.4, 0.5) is 16.2 Å². The van der Waals surface area contributed by atoms with Gasteiger partial charge < -0.3 is 39.6 Å². The number of fused-ring (bicyclic) bond motifs is 2. The smallest absolute Gasteiger partial charge is 0.323 e. The lowest BCUT2D eigenvalue weighted by atomic mass is 10.0. The number of nitrogens with zero attached hydrogens (tertiary/aromatic N) is 2. The van der Waals surface area contributed by atoms with E-state index in [4.69, 9.17) is 18.9 Å². The van der Waals surface area contributed by atoms with Crippen LogP contribution in [0.1, 0.15) is 25.0 Å². The fraction of sp³-hybridized carbons (Fsp3) is 0.394. The van der Waals surface area contributed by atoms with Gasteiger partial charge in [0.05, 0.1) is 26.2 Å². The summed E-state index contributed by atoms with van der Waals surface area (Å²) in [5, 5.41) is 15.6. The SMILES string of the molecule is COc1ccc(NC(=O)Nc2ccc3c(c2)CC(=O)N([C@H](C)CO)C[C@@H](C)[C@@H](CN(C)Cc2ccc4c(c2)OCO4)O3)cc1. The van der Waals surface area contributed by atoms with Gasteiger partial charge in [-0.15, -0.1) is 0 Å². The fourth-order valence-electron chi connectivity index (χ4n) is 5.42. The Morgan fingerprint density at radius 1 is 1.05 bits per heavy atom. The van der Waals surface area contributed by atoms with E-state index in [9.17, 15) is 14.7 Å². The highest BCUT2D eigenvalue weighted by atomic mass is 16.7. The van der Waals surface area contributed by atoms with Crippen LogP contribution in [0.25, 0.3) is 0 Å². The predicted octanol–water partition coefficient (Wildman–Crippen LogP) is 4.35. The number of carbonyl (C=O) groups excluding carboxylic acids is 2. The lowest BCUT2D eigenvalue weighted by molar-refractivity contribution is -0.134. The van der Waals surface area contributed by atoms with Gasteiger partial charge in [-0.2, -0.15) is 0 Å². The van der Waals surface area contributed by atoms with Gasteiger partial charge in [-0.25, -0.2) is 4.79 Å². The maximum absolute atomic E-state index is 13.5. The molecule has 11 heteroatoms. The first kappa shape index (κ1) is 31.0. The first-order valence-electron chi connectivity index (χ1n) is 14.7. The van der Waals surface area contributed by atoms with Crippen molar-refractivity contribution >= 4 is 23.3 Å². The van der Waals surface area contributed by atoms with Crippen LogP contribution >= 0.6 is 0 Å². The number of aliphatic hydroxyl groups is 1. The largest absolute Gasteiger partial charge is 0.497 e. The molecule has 3 amide bonds. The van der Waals surface area contributed by atoms with Crippen LogP contribution in [0.2, 0.25) is 0 Å². The number of hydrogen-bond acceptors (Lipinski definition) is 8. The van der Waals surface area contributed by atoms with Crippen LogP contribution in [0.3, 0.4) is 0 Å². The number of aliphatic hydroxyl groups excluding tert-OH is 1. The van der Waals surface area contributed by atoms with Crippen molar-refractivity contribution in [2.24, 2.45) is 5.92 Å². The van der Waals surface area contributed by atoms with E-state index in [0.717, 1.165) is 17.1 Å². The first-order chi connectivity index (χ1) is 21.2. The highest BCUT2D eigenvalue weighted by Gasteiger charge is 2.31. The molecule has 44 heavy (non-hydrogen) atoms. The van der Waals surface area contributed by atoms with Crippen LogP contribution < -0.4 is 29.6 Å². The number of anilines is 2. The van der Waals surface area contributed by atoms with Crippen molar-refractivity contribution in [2.45, 2.75) is 39.0 Å². The van der Waals surface area contributed by atoms with Gasteiger partial charge in [0, 0.05) is 42.5 Å². The van der Waals surface area contributed by atoms with Crippen molar-refractivity contribution in [2.75, 3.05) is 51.3 Å². The minimum atomic E-state index is -0.419. The summed E-state index contributed by atoms with van der Waals surface area (Å²) in [5.41, 5.74) is 2.88. The summed E-state index contributed by atoms with van der Waals surface area (Å²) in [4.78, 5) is 30.2. The molecule has 0 aromatic heterocycles. The molecule has 3 aromatic rings. The van der Waals surface area contributed by atoms with E-state index in [0.29, 0.717) is 48.1 Å². The van der Waals surface area contributed by atoms with Crippen molar-refractivity contribution in [1.82, 2.24) is 9.80 Å². The first-order valence-corrected chi connectivity index (χ1v) is 14.7. The minimum Gasteiger partial charge on any atom is -0.497 e. The highest BCUT2D eigenvalue weighted by Crippen LogP contribution is 2.33. The number of rotatable bonds is 9. The van der Waals surface area contributed by atoms with E-state index in [1.807, 2.05) is 32.2 Å². The van der Waals surface area contributed by atoms with E-state index in [-0.39, 0.29) is 43.8 Å². The molecule has 2 heterocycles. The molecule has 2 aliphatic rings. The molecule has 0 saturated heterocycles. The molecule has 2 aliphatic heterocycles. The third-order valence-corrected chi connectivity index (χ3v) is 7.90. The zero-order chi connectivity index (χ0) is 31.2. The summed E-state index contributed by atoms with van der Waals surface area (Å²) in [5.74, 6) is 2.62. The number of benzene rings is 3. The Morgan fingerprint density at radius 3 is 2.50 bits per heavy atom. The minimum absolute atomic E-state index is 0.0359. The van der Waals surface area contributed by atoms with Gasteiger partial charge in [0.25, 0.3) is 0 Å². The van der Waals surface area contributed by atoms with E-state index < -0.39 is 6.03 Å². The topological polar surface area (TPSA) is 122 Å². The maximum atomic E-state index is 13.5. The second-order valence-electron chi connectivity index (χ2n) is 11.4. The van der Waals surface area contributed by atoms with Crippen molar-refractivity contribution in [1.29, 1.82) is 0 Å². The van der Waals surface area contributed by atoms with Crippen molar-refractivity contribution < 1.29 is 33.6 Å². The molecule has 3 N–H and O–H groups in total.